The molecule has 3 atom stereocenters. The van der Waals surface area contributed by atoms with Crippen LogP contribution < -0.4 is 10.6 Å². The number of nitrogens with one attached hydrogen (secondary N) is 2. The van der Waals surface area contributed by atoms with Crippen molar-refractivity contribution in [2.75, 3.05) is 0 Å². The number of allylic oxidation sites excluding steroid dienone is 1. The Morgan fingerprint density at radius 1 is 0.627 bits per heavy atom. The summed E-state index contributed by atoms with van der Waals surface area (Å²) in [5.74, 6) is 1.80. The maximum Gasteiger partial charge on any atom is 0.142 e. The summed E-state index contributed by atoms with van der Waals surface area (Å²) in [4.78, 5) is 5.50. The van der Waals surface area contributed by atoms with Crippen molar-refractivity contribution in [3.05, 3.63) is 162 Å². The number of hydrogen-bond donors (Lipinski definition) is 2. The number of para-hydroxylation sites is 2. The van der Waals surface area contributed by atoms with Gasteiger partial charge in [-0.25, -0.2) is 4.99 Å². The normalized spacial score (nSPS) is 18.8. The minimum Gasteiger partial charge on any atom is -0.459 e. The lowest BCUT2D eigenvalue weighted by molar-refractivity contribution is 0.398. The van der Waals surface area contributed by atoms with Gasteiger partial charge in [-0.2, -0.15) is 0 Å². The van der Waals surface area contributed by atoms with Gasteiger partial charge in [-0.1, -0.05) is 121 Å². The fraction of sp³-hybridized carbons (Fsp3) is 0.0889. The average Bonchev–Trinajstić information content (AvgIpc) is 3.89. The summed E-state index contributed by atoms with van der Waals surface area (Å²) in [5.41, 5.74) is 8.28. The molecule has 4 heterocycles. The van der Waals surface area contributed by atoms with Gasteiger partial charge in [0.15, 0.2) is 0 Å². The second-order valence-corrected chi connectivity index (χ2v) is 14.5. The topological polar surface area (TPSA) is 62.7 Å². The van der Waals surface area contributed by atoms with E-state index >= 15 is 0 Å². The maximum absolute atomic E-state index is 7.06. The van der Waals surface area contributed by atoms with Gasteiger partial charge in [-0.15, -0.1) is 11.3 Å². The van der Waals surface area contributed by atoms with Crippen molar-refractivity contribution in [1.82, 2.24) is 10.6 Å². The van der Waals surface area contributed by atoms with Gasteiger partial charge in [-0.05, 0) is 41.8 Å². The molecular weight excluding hydrogens is 647 g/mol. The zero-order valence-electron chi connectivity index (χ0n) is 27.5. The van der Waals surface area contributed by atoms with E-state index in [1.165, 1.54) is 25.7 Å². The molecule has 11 rings (SSSR count). The van der Waals surface area contributed by atoms with E-state index in [-0.39, 0.29) is 18.2 Å². The molecule has 9 aromatic rings. The summed E-state index contributed by atoms with van der Waals surface area (Å²) < 4.78 is 15.9. The van der Waals surface area contributed by atoms with Gasteiger partial charge in [0.05, 0.1) is 5.92 Å². The highest BCUT2D eigenvalue weighted by atomic mass is 32.1. The Kier molecular flexibility index (Phi) is 6.38. The Bertz CT molecular complexity index is 2880. The number of benzene rings is 6. The van der Waals surface area contributed by atoms with E-state index in [0.29, 0.717) is 0 Å². The van der Waals surface area contributed by atoms with E-state index in [1.54, 1.807) is 0 Å². The van der Waals surface area contributed by atoms with Crippen molar-refractivity contribution < 1.29 is 8.83 Å². The van der Waals surface area contributed by atoms with Crippen molar-refractivity contribution in [3.63, 3.8) is 0 Å². The van der Waals surface area contributed by atoms with Crippen LogP contribution in [0.4, 0.5) is 0 Å². The highest BCUT2D eigenvalue weighted by Gasteiger charge is 2.35. The molecule has 2 aliphatic rings. The van der Waals surface area contributed by atoms with Crippen molar-refractivity contribution in [1.29, 1.82) is 0 Å². The predicted molar refractivity (Wildman–Crippen MR) is 210 cm³/mol. The average molecular weight is 678 g/mol. The summed E-state index contributed by atoms with van der Waals surface area (Å²) in [6.07, 6.45) is 4.89. The Morgan fingerprint density at radius 3 is 2.31 bits per heavy atom. The number of nitrogens with zero attached hydrogens (tertiary/aromatic N) is 1. The van der Waals surface area contributed by atoms with Crippen LogP contribution in [0.1, 0.15) is 47.1 Å². The second kappa shape index (κ2) is 11.3. The van der Waals surface area contributed by atoms with Gasteiger partial charge in [0, 0.05) is 53.0 Å². The summed E-state index contributed by atoms with van der Waals surface area (Å²) in [6, 6.07) is 46.9. The lowest BCUT2D eigenvalue weighted by Crippen LogP contribution is -2.46. The number of hydrogen-bond acceptors (Lipinski definition) is 6. The molecular formula is C45H31N3O2S. The lowest BCUT2D eigenvalue weighted by Gasteiger charge is -2.35. The zero-order valence-corrected chi connectivity index (χ0v) is 28.3. The molecule has 0 saturated heterocycles. The highest BCUT2D eigenvalue weighted by molar-refractivity contribution is 7.25. The lowest BCUT2D eigenvalue weighted by atomic mass is 9.90. The monoisotopic (exact) mass is 677 g/mol. The molecule has 1 aliphatic heterocycles. The van der Waals surface area contributed by atoms with E-state index in [0.717, 1.165) is 73.2 Å². The highest BCUT2D eigenvalue weighted by Crippen LogP contribution is 2.45. The number of rotatable bonds is 4. The Labute approximate surface area is 297 Å². The molecule has 6 aromatic carbocycles. The van der Waals surface area contributed by atoms with Gasteiger partial charge in [-0.3, -0.25) is 5.32 Å². The molecule has 0 radical (unpaired) electrons. The van der Waals surface area contributed by atoms with Crippen LogP contribution in [0.5, 0.6) is 0 Å². The molecule has 3 aromatic heterocycles. The summed E-state index contributed by atoms with van der Waals surface area (Å²) in [5, 5.41) is 13.5. The summed E-state index contributed by atoms with van der Waals surface area (Å²) in [6.45, 7) is 0. The van der Waals surface area contributed by atoms with Gasteiger partial charge in [0.1, 0.15) is 40.7 Å². The number of furan rings is 2. The predicted octanol–water partition coefficient (Wildman–Crippen LogP) is 11.9. The summed E-state index contributed by atoms with van der Waals surface area (Å²) >= 11 is 1.84. The van der Waals surface area contributed by atoms with Gasteiger partial charge in [0.25, 0.3) is 0 Å². The first-order chi connectivity index (χ1) is 25.3. The third-order valence-electron chi connectivity index (χ3n) is 10.5. The first-order valence-corrected chi connectivity index (χ1v) is 18.3. The molecule has 5 nitrogen and oxygen atoms in total. The minimum absolute atomic E-state index is 0.0787. The molecule has 0 bridgehead atoms. The smallest absolute Gasteiger partial charge is 0.142 e. The molecule has 0 fully saturated rings. The quantitative estimate of drug-likeness (QED) is 0.195. The minimum atomic E-state index is -0.255. The molecule has 1 aliphatic carbocycles. The van der Waals surface area contributed by atoms with Crippen LogP contribution >= 0.6 is 11.3 Å². The van der Waals surface area contributed by atoms with Crippen LogP contribution in [0.3, 0.4) is 0 Å². The second-order valence-electron chi connectivity index (χ2n) is 13.4. The molecule has 3 unspecified atom stereocenters. The number of amidine groups is 1. The standard InChI is InChI=1S/C45H31N3O2S/c1-2-12-26(13-3-1)43-46-44(33-20-11-25-38-40(33)32-15-5-7-24-37(32)51-38)48-45(47-43)34-21-9-19-30-29-18-8-17-28(41(29)50-42(30)34)27-16-10-23-36-39(27)31-14-4-6-22-35(31)49-36/h1-20,22-25,34,43-44,46H,21H2,(H,47,48). The molecule has 244 valence electrons. The van der Waals surface area contributed by atoms with E-state index < -0.39 is 0 Å². The molecule has 6 heteroatoms. The largest absolute Gasteiger partial charge is 0.459 e. The van der Waals surface area contributed by atoms with Crippen LogP contribution in [0, 0.1) is 0 Å². The Hall–Kier alpha value is -5.95. The van der Waals surface area contributed by atoms with E-state index in [9.17, 15) is 0 Å². The van der Waals surface area contributed by atoms with Crippen LogP contribution in [0.25, 0.3) is 70.3 Å². The Morgan fingerprint density at radius 2 is 1.37 bits per heavy atom. The van der Waals surface area contributed by atoms with Crippen molar-refractivity contribution in [3.8, 4) is 11.1 Å². The third kappa shape index (κ3) is 4.47. The summed E-state index contributed by atoms with van der Waals surface area (Å²) in [7, 11) is 0. The maximum atomic E-state index is 7.06. The zero-order chi connectivity index (χ0) is 33.5. The van der Waals surface area contributed by atoms with Crippen molar-refractivity contribution in [2.24, 2.45) is 4.99 Å². The van der Waals surface area contributed by atoms with Crippen molar-refractivity contribution in [2.45, 2.75) is 24.7 Å². The third-order valence-corrected chi connectivity index (χ3v) is 11.7. The van der Waals surface area contributed by atoms with Crippen LogP contribution in [0.15, 0.2) is 153 Å². The number of thiophene rings is 1. The number of aliphatic imine (C=N–C) groups is 1. The van der Waals surface area contributed by atoms with E-state index in [2.05, 4.69) is 138 Å². The molecule has 2 N–H and O–H groups in total. The number of fused-ring (bicyclic) bond motifs is 9. The first-order valence-electron chi connectivity index (χ1n) is 17.5. The van der Waals surface area contributed by atoms with Crippen LogP contribution in [-0.2, 0) is 0 Å². The SMILES string of the molecule is C1=Cc2c(oc3c(-c4cccc5oc6ccccc6c45)cccc23)C(C2=NC(c3cccc4sc5ccccc5c34)NC(c3ccccc3)N2)C1. The fourth-order valence-electron chi connectivity index (χ4n) is 8.23. The van der Waals surface area contributed by atoms with E-state index in [4.69, 9.17) is 13.8 Å². The van der Waals surface area contributed by atoms with Gasteiger partial charge in [0.2, 0.25) is 0 Å². The molecule has 0 spiro atoms. The van der Waals surface area contributed by atoms with Crippen LogP contribution in [0.2, 0.25) is 0 Å². The van der Waals surface area contributed by atoms with E-state index in [1.807, 2.05) is 29.5 Å². The molecule has 0 amide bonds. The van der Waals surface area contributed by atoms with Gasteiger partial charge < -0.3 is 14.2 Å². The Balaban J connectivity index is 1.08. The first kappa shape index (κ1) is 28.8. The molecule has 51 heavy (non-hydrogen) atoms. The van der Waals surface area contributed by atoms with Gasteiger partial charge >= 0.3 is 0 Å². The molecule has 0 saturated carbocycles. The fourth-order valence-corrected chi connectivity index (χ4v) is 9.37. The van der Waals surface area contributed by atoms with Crippen molar-refractivity contribution >= 4 is 76.3 Å². The van der Waals surface area contributed by atoms with Crippen LogP contribution in [-0.4, -0.2) is 5.84 Å².